The zero-order valence-corrected chi connectivity index (χ0v) is 17.6. The highest BCUT2D eigenvalue weighted by atomic mass is 19.1. The number of nitrogens with one attached hydrogen (secondary N) is 3. The number of anilines is 1. The predicted octanol–water partition coefficient (Wildman–Crippen LogP) is 2.00. The number of carbonyl (C=O) groups excluding carboxylic acids is 2. The van der Waals surface area contributed by atoms with E-state index in [4.69, 9.17) is 5.73 Å². The summed E-state index contributed by atoms with van der Waals surface area (Å²) in [4.78, 5) is 29.7. The molecule has 5 N–H and O–H groups in total. The first-order chi connectivity index (χ1) is 15.3. The monoisotopic (exact) mass is 441 g/mol. The molecule has 0 spiro atoms. The molecule has 2 heterocycles. The van der Waals surface area contributed by atoms with Crippen molar-refractivity contribution in [3.8, 4) is 0 Å². The van der Waals surface area contributed by atoms with Crippen molar-refractivity contribution in [3.05, 3.63) is 64.9 Å². The van der Waals surface area contributed by atoms with Crippen molar-refractivity contribution in [1.29, 1.82) is 0 Å². The second-order valence-electron chi connectivity index (χ2n) is 8.10. The highest BCUT2D eigenvalue weighted by molar-refractivity contribution is 5.92. The number of halogens is 2. The van der Waals surface area contributed by atoms with Crippen LogP contribution in [0.3, 0.4) is 0 Å². The third-order valence-corrected chi connectivity index (χ3v) is 5.83. The van der Waals surface area contributed by atoms with Gasteiger partial charge in [0.05, 0.1) is 6.04 Å². The molecule has 0 bridgehead atoms. The second kappa shape index (κ2) is 9.04. The molecule has 9 heteroatoms. The standard InChI is InChI=1S/C23H25F2N5O2/c1-12(22(31)30-19-6-5-18-16(19)4-7-21(26)29-18)28-23(32)20-10-13(8-9-27-20)15-3-2-14(24)11-17(15)25/h2-4,7,10-12,19-20,27H,5-6,8-9H2,1H3,(H2,26,29)(H,28,32)(H,30,31)/t12-,19+,20+/m0/s1. The first-order valence-corrected chi connectivity index (χ1v) is 10.6. The molecular weight excluding hydrogens is 416 g/mol. The van der Waals surface area contributed by atoms with Crippen molar-refractivity contribution in [2.24, 2.45) is 0 Å². The van der Waals surface area contributed by atoms with E-state index in [2.05, 4.69) is 20.9 Å². The molecule has 0 radical (unpaired) electrons. The molecule has 32 heavy (non-hydrogen) atoms. The van der Waals surface area contributed by atoms with Gasteiger partial charge in [-0.3, -0.25) is 9.59 Å². The van der Waals surface area contributed by atoms with Crippen LogP contribution in [-0.4, -0.2) is 35.4 Å². The number of nitrogens with zero attached hydrogens (tertiary/aromatic N) is 1. The van der Waals surface area contributed by atoms with Gasteiger partial charge in [-0.2, -0.15) is 0 Å². The molecule has 2 aromatic rings. The van der Waals surface area contributed by atoms with Gasteiger partial charge in [0.15, 0.2) is 0 Å². The smallest absolute Gasteiger partial charge is 0.242 e. The second-order valence-corrected chi connectivity index (χ2v) is 8.10. The number of hydrogen-bond acceptors (Lipinski definition) is 5. The van der Waals surface area contributed by atoms with E-state index in [9.17, 15) is 18.4 Å². The summed E-state index contributed by atoms with van der Waals surface area (Å²) in [5.41, 5.74) is 8.42. The Hall–Kier alpha value is -3.33. The first-order valence-electron chi connectivity index (χ1n) is 10.6. The number of nitrogen functional groups attached to an aromatic ring is 1. The van der Waals surface area contributed by atoms with Crippen molar-refractivity contribution >= 4 is 23.2 Å². The summed E-state index contributed by atoms with van der Waals surface area (Å²) in [6.45, 7) is 2.06. The lowest BCUT2D eigenvalue weighted by Crippen LogP contribution is -2.52. The molecular formula is C23H25F2N5O2. The maximum Gasteiger partial charge on any atom is 0.242 e. The Labute approximate surface area is 184 Å². The zero-order valence-electron chi connectivity index (χ0n) is 17.6. The van der Waals surface area contributed by atoms with Gasteiger partial charge in [0, 0.05) is 23.9 Å². The van der Waals surface area contributed by atoms with Gasteiger partial charge in [-0.25, -0.2) is 13.8 Å². The molecule has 7 nitrogen and oxygen atoms in total. The van der Waals surface area contributed by atoms with Crippen LogP contribution in [0.15, 0.2) is 36.4 Å². The van der Waals surface area contributed by atoms with Crippen molar-refractivity contribution < 1.29 is 18.4 Å². The van der Waals surface area contributed by atoms with E-state index in [1.807, 2.05) is 6.07 Å². The Morgan fingerprint density at radius 1 is 1.22 bits per heavy atom. The molecule has 3 atom stereocenters. The lowest BCUT2D eigenvalue weighted by Gasteiger charge is -2.25. The van der Waals surface area contributed by atoms with Crippen LogP contribution in [0.2, 0.25) is 0 Å². The van der Waals surface area contributed by atoms with Crippen molar-refractivity contribution in [2.75, 3.05) is 12.3 Å². The van der Waals surface area contributed by atoms with E-state index < -0.39 is 29.6 Å². The van der Waals surface area contributed by atoms with Gasteiger partial charge in [0.25, 0.3) is 0 Å². The van der Waals surface area contributed by atoms with Gasteiger partial charge in [-0.1, -0.05) is 12.1 Å². The minimum absolute atomic E-state index is 0.175. The fraction of sp³-hybridized carbons (Fsp3) is 0.348. The van der Waals surface area contributed by atoms with Crippen molar-refractivity contribution in [2.45, 2.75) is 44.3 Å². The average Bonchev–Trinajstić information content (AvgIpc) is 3.15. The molecule has 2 amide bonds. The molecule has 2 aliphatic rings. The van der Waals surface area contributed by atoms with E-state index in [0.29, 0.717) is 24.4 Å². The zero-order chi connectivity index (χ0) is 22.8. The fourth-order valence-corrected chi connectivity index (χ4v) is 4.15. The maximum atomic E-state index is 14.1. The Kier molecular flexibility index (Phi) is 6.18. The summed E-state index contributed by atoms with van der Waals surface area (Å²) in [5, 5.41) is 8.71. The van der Waals surface area contributed by atoms with Gasteiger partial charge in [0.2, 0.25) is 11.8 Å². The van der Waals surface area contributed by atoms with Crippen LogP contribution < -0.4 is 21.7 Å². The fourth-order valence-electron chi connectivity index (χ4n) is 4.15. The summed E-state index contributed by atoms with van der Waals surface area (Å²) in [6, 6.07) is 5.29. The van der Waals surface area contributed by atoms with Crippen LogP contribution in [0.5, 0.6) is 0 Å². The molecule has 4 rings (SSSR count). The molecule has 1 aromatic heterocycles. The Morgan fingerprint density at radius 3 is 2.81 bits per heavy atom. The largest absolute Gasteiger partial charge is 0.384 e. The molecule has 168 valence electrons. The van der Waals surface area contributed by atoms with E-state index in [1.54, 1.807) is 19.1 Å². The van der Waals surface area contributed by atoms with Gasteiger partial charge in [0.1, 0.15) is 29.5 Å². The third kappa shape index (κ3) is 4.62. The Morgan fingerprint density at radius 2 is 2.03 bits per heavy atom. The number of aryl methyl sites for hydroxylation is 1. The van der Waals surface area contributed by atoms with Gasteiger partial charge >= 0.3 is 0 Å². The van der Waals surface area contributed by atoms with Gasteiger partial charge < -0.3 is 21.7 Å². The predicted molar refractivity (Wildman–Crippen MR) is 116 cm³/mol. The van der Waals surface area contributed by atoms with Crippen LogP contribution in [0.25, 0.3) is 5.57 Å². The highest BCUT2D eigenvalue weighted by Gasteiger charge is 2.29. The molecule has 0 saturated carbocycles. The molecule has 0 saturated heterocycles. The summed E-state index contributed by atoms with van der Waals surface area (Å²) < 4.78 is 27.3. The topological polar surface area (TPSA) is 109 Å². The summed E-state index contributed by atoms with van der Waals surface area (Å²) in [6.07, 6.45) is 3.56. The number of nitrogens with two attached hydrogens (primary N) is 1. The highest BCUT2D eigenvalue weighted by Crippen LogP contribution is 2.30. The van der Waals surface area contributed by atoms with Crippen LogP contribution in [-0.2, 0) is 16.0 Å². The number of fused-ring (bicyclic) bond motifs is 1. The van der Waals surface area contributed by atoms with Crippen LogP contribution >= 0.6 is 0 Å². The summed E-state index contributed by atoms with van der Waals surface area (Å²) in [5.74, 6) is -1.58. The maximum absolute atomic E-state index is 14.1. The Bertz CT molecular complexity index is 1090. The van der Waals surface area contributed by atoms with Crippen molar-refractivity contribution in [3.63, 3.8) is 0 Å². The lowest BCUT2D eigenvalue weighted by molar-refractivity contribution is -0.129. The molecule has 0 unspecified atom stereocenters. The number of hydrogen-bond donors (Lipinski definition) is 4. The number of amides is 2. The van der Waals surface area contributed by atoms with Crippen LogP contribution in [0.1, 0.15) is 42.6 Å². The minimum Gasteiger partial charge on any atom is -0.384 e. The molecule has 1 aromatic carbocycles. The first kappa shape index (κ1) is 21.9. The quantitative estimate of drug-likeness (QED) is 0.568. The van der Waals surface area contributed by atoms with Gasteiger partial charge in [-0.05, 0) is 55.5 Å². The third-order valence-electron chi connectivity index (χ3n) is 5.83. The number of pyridine rings is 1. The summed E-state index contributed by atoms with van der Waals surface area (Å²) >= 11 is 0. The number of rotatable bonds is 5. The van der Waals surface area contributed by atoms with E-state index in [1.165, 1.54) is 12.1 Å². The SMILES string of the molecule is C[C@H](NC(=O)[C@H]1C=C(c2ccc(F)cc2F)CCN1)C(=O)N[C@@H]1CCc2nc(N)ccc21. The number of aromatic nitrogens is 1. The van der Waals surface area contributed by atoms with E-state index in [0.717, 1.165) is 30.2 Å². The molecule has 1 aliphatic carbocycles. The number of benzene rings is 1. The molecule has 0 fully saturated rings. The normalized spacial score (nSPS) is 20.8. The van der Waals surface area contributed by atoms with Gasteiger partial charge in [-0.15, -0.1) is 0 Å². The minimum atomic E-state index is -0.767. The molecule has 1 aliphatic heterocycles. The van der Waals surface area contributed by atoms with E-state index in [-0.39, 0.29) is 17.5 Å². The van der Waals surface area contributed by atoms with Crippen LogP contribution in [0.4, 0.5) is 14.6 Å². The lowest BCUT2D eigenvalue weighted by atomic mass is 9.96. The Balaban J connectivity index is 1.38. The average molecular weight is 441 g/mol. The van der Waals surface area contributed by atoms with Crippen molar-refractivity contribution in [1.82, 2.24) is 20.9 Å². The van der Waals surface area contributed by atoms with E-state index >= 15 is 0 Å². The number of carbonyl (C=O) groups is 2. The van der Waals surface area contributed by atoms with Crippen LogP contribution in [0, 0.1) is 11.6 Å². The summed E-state index contributed by atoms with van der Waals surface area (Å²) in [7, 11) is 0.